The second-order valence-electron chi connectivity index (χ2n) is 5.07. The van der Waals surface area contributed by atoms with Crippen LogP contribution in [0.2, 0.25) is 0 Å². The summed E-state index contributed by atoms with van der Waals surface area (Å²) >= 11 is 0. The highest BCUT2D eigenvalue weighted by molar-refractivity contribution is 5.39. The van der Waals surface area contributed by atoms with Gasteiger partial charge < -0.3 is 0 Å². The maximum atomic E-state index is 2.40. The minimum Gasteiger partial charge on any atom is -0.0625 e. The van der Waals surface area contributed by atoms with Crippen LogP contribution in [-0.2, 0) is 0 Å². The minimum atomic E-state index is 0.851. The van der Waals surface area contributed by atoms with Crippen molar-refractivity contribution < 1.29 is 0 Å². The standard InChI is InChI=1S/C14H20/c1-9-5-13(6-9)14-8-11(3)10(2)7-12(14)4/h7-9,13H,5-6H2,1-4H3. The monoisotopic (exact) mass is 188 g/mol. The van der Waals surface area contributed by atoms with E-state index in [4.69, 9.17) is 0 Å². The Morgan fingerprint density at radius 1 is 0.929 bits per heavy atom. The number of rotatable bonds is 1. The van der Waals surface area contributed by atoms with Gasteiger partial charge in [0, 0.05) is 0 Å². The molecule has 0 spiro atoms. The van der Waals surface area contributed by atoms with Gasteiger partial charge in [0.2, 0.25) is 0 Å². The van der Waals surface area contributed by atoms with Crippen LogP contribution in [0.4, 0.5) is 0 Å². The predicted octanol–water partition coefficient (Wildman–Crippen LogP) is 4.13. The fourth-order valence-corrected chi connectivity index (χ4v) is 2.58. The molecule has 0 nitrogen and oxygen atoms in total. The van der Waals surface area contributed by atoms with E-state index in [1.54, 1.807) is 5.56 Å². The Morgan fingerprint density at radius 2 is 1.50 bits per heavy atom. The SMILES string of the molecule is Cc1cc(C)c(C2CC(C)C2)cc1C. The highest BCUT2D eigenvalue weighted by atomic mass is 14.3. The molecule has 1 aromatic rings. The molecule has 0 unspecified atom stereocenters. The zero-order valence-corrected chi connectivity index (χ0v) is 9.72. The lowest BCUT2D eigenvalue weighted by atomic mass is 9.71. The first-order valence-electron chi connectivity index (χ1n) is 5.65. The summed E-state index contributed by atoms with van der Waals surface area (Å²) in [5.41, 5.74) is 5.97. The van der Waals surface area contributed by atoms with E-state index in [-0.39, 0.29) is 0 Å². The van der Waals surface area contributed by atoms with Crippen molar-refractivity contribution in [3.63, 3.8) is 0 Å². The van der Waals surface area contributed by atoms with Gasteiger partial charge in [0.05, 0.1) is 0 Å². The first-order chi connectivity index (χ1) is 6.58. The summed E-state index contributed by atoms with van der Waals surface area (Å²) < 4.78 is 0. The molecule has 1 saturated carbocycles. The van der Waals surface area contributed by atoms with Gasteiger partial charge in [-0.1, -0.05) is 19.1 Å². The molecular weight excluding hydrogens is 168 g/mol. The Kier molecular flexibility index (Phi) is 2.38. The van der Waals surface area contributed by atoms with Crippen LogP contribution >= 0.6 is 0 Å². The van der Waals surface area contributed by atoms with E-state index in [2.05, 4.69) is 39.8 Å². The molecule has 1 fully saturated rings. The molecule has 0 bridgehead atoms. The summed E-state index contributed by atoms with van der Waals surface area (Å²) in [5.74, 6) is 1.80. The van der Waals surface area contributed by atoms with Crippen LogP contribution in [0.3, 0.4) is 0 Å². The largest absolute Gasteiger partial charge is 0.0625 e. The van der Waals surface area contributed by atoms with Gasteiger partial charge in [-0.15, -0.1) is 0 Å². The zero-order chi connectivity index (χ0) is 10.3. The smallest absolute Gasteiger partial charge is 0.0154 e. The van der Waals surface area contributed by atoms with Crippen LogP contribution in [-0.4, -0.2) is 0 Å². The first kappa shape index (κ1) is 9.76. The summed E-state index contributed by atoms with van der Waals surface area (Å²) in [6, 6.07) is 4.74. The molecule has 2 rings (SSSR count). The minimum absolute atomic E-state index is 0.851. The first-order valence-corrected chi connectivity index (χ1v) is 5.65. The molecule has 1 aliphatic rings. The van der Waals surface area contributed by atoms with Crippen molar-refractivity contribution in [2.24, 2.45) is 5.92 Å². The molecule has 0 saturated heterocycles. The molecular formula is C14H20. The van der Waals surface area contributed by atoms with Crippen molar-refractivity contribution >= 4 is 0 Å². The molecule has 0 N–H and O–H groups in total. The molecule has 0 atom stereocenters. The van der Waals surface area contributed by atoms with E-state index < -0.39 is 0 Å². The zero-order valence-electron chi connectivity index (χ0n) is 9.72. The summed E-state index contributed by atoms with van der Waals surface area (Å²) in [6.45, 7) is 9.04. The summed E-state index contributed by atoms with van der Waals surface area (Å²) in [4.78, 5) is 0. The number of hydrogen-bond acceptors (Lipinski definition) is 0. The third-order valence-electron chi connectivity index (χ3n) is 3.70. The van der Waals surface area contributed by atoms with Crippen LogP contribution in [0.1, 0.15) is 47.9 Å². The van der Waals surface area contributed by atoms with Crippen molar-refractivity contribution in [3.8, 4) is 0 Å². The van der Waals surface area contributed by atoms with Crippen LogP contribution in [0, 0.1) is 26.7 Å². The van der Waals surface area contributed by atoms with Crippen LogP contribution in [0.5, 0.6) is 0 Å². The van der Waals surface area contributed by atoms with Crippen LogP contribution < -0.4 is 0 Å². The molecule has 0 aromatic heterocycles. The predicted molar refractivity (Wildman–Crippen MR) is 61.8 cm³/mol. The van der Waals surface area contributed by atoms with Crippen LogP contribution in [0.15, 0.2) is 12.1 Å². The second-order valence-corrected chi connectivity index (χ2v) is 5.07. The van der Waals surface area contributed by atoms with Crippen LogP contribution in [0.25, 0.3) is 0 Å². The van der Waals surface area contributed by atoms with Gasteiger partial charge in [-0.3, -0.25) is 0 Å². The van der Waals surface area contributed by atoms with Crippen molar-refractivity contribution in [1.82, 2.24) is 0 Å². The Balaban J connectivity index is 2.30. The van der Waals surface area contributed by atoms with E-state index in [9.17, 15) is 0 Å². The highest BCUT2D eigenvalue weighted by Gasteiger charge is 2.27. The third kappa shape index (κ3) is 1.58. The van der Waals surface area contributed by atoms with Gasteiger partial charge in [0.1, 0.15) is 0 Å². The van der Waals surface area contributed by atoms with Gasteiger partial charge in [-0.2, -0.15) is 0 Å². The number of aryl methyl sites for hydroxylation is 3. The Hall–Kier alpha value is -0.780. The molecule has 1 aromatic carbocycles. The summed E-state index contributed by atoms with van der Waals surface area (Å²) in [6.07, 6.45) is 2.78. The number of benzene rings is 1. The fraction of sp³-hybridized carbons (Fsp3) is 0.571. The van der Waals surface area contributed by atoms with E-state index in [1.165, 1.54) is 29.5 Å². The average molecular weight is 188 g/mol. The number of hydrogen-bond donors (Lipinski definition) is 0. The van der Waals surface area contributed by atoms with E-state index in [0.29, 0.717) is 0 Å². The molecule has 76 valence electrons. The molecule has 1 aliphatic carbocycles. The van der Waals surface area contributed by atoms with E-state index in [0.717, 1.165) is 11.8 Å². The third-order valence-corrected chi connectivity index (χ3v) is 3.70. The average Bonchev–Trinajstić information content (AvgIpc) is 2.07. The van der Waals surface area contributed by atoms with Crippen molar-refractivity contribution in [3.05, 3.63) is 34.4 Å². The molecule has 0 aliphatic heterocycles. The van der Waals surface area contributed by atoms with Gasteiger partial charge in [0.15, 0.2) is 0 Å². The van der Waals surface area contributed by atoms with E-state index >= 15 is 0 Å². The highest BCUT2D eigenvalue weighted by Crippen LogP contribution is 2.42. The van der Waals surface area contributed by atoms with Gasteiger partial charge >= 0.3 is 0 Å². The van der Waals surface area contributed by atoms with Crippen molar-refractivity contribution in [2.75, 3.05) is 0 Å². The second kappa shape index (κ2) is 3.42. The quantitative estimate of drug-likeness (QED) is 0.621. The van der Waals surface area contributed by atoms with Gasteiger partial charge in [-0.05, 0) is 67.7 Å². The summed E-state index contributed by atoms with van der Waals surface area (Å²) in [7, 11) is 0. The Labute approximate surface area is 87.3 Å². The maximum Gasteiger partial charge on any atom is -0.0154 e. The van der Waals surface area contributed by atoms with Gasteiger partial charge in [0.25, 0.3) is 0 Å². The normalized spacial score (nSPS) is 26.0. The molecule has 0 heteroatoms. The Bertz CT molecular complexity index is 343. The van der Waals surface area contributed by atoms with Gasteiger partial charge in [-0.25, -0.2) is 0 Å². The van der Waals surface area contributed by atoms with Crippen molar-refractivity contribution in [2.45, 2.75) is 46.5 Å². The maximum absolute atomic E-state index is 2.40. The molecule has 0 radical (unpaired) electrons. The topological polar surface area (TPSA) is 0 Å². The van der Waals surface area contributed by atoms with Crippen molar-refractivity contribution in [1.29, 1.82) is 0 Å². The lowest BCUT2D eigenvalue weighted by Crippen LogP contribution is -2.19. The summed E-state index contributed by atoms with van der Waals surface area (Å²) in [5, 5.41) is 0. The van der Waals surface area contributed by atoms with E-state index in [1.807, 2.05) is 0 Å². The Morgan fingerprint density at radius 3 is 2.07 bits per heavy atom. The molecule has 0 heterocycles. The lowest BCUT2D eigenvalue weighted by Gasteiger charge is -2.34. The lowest BCUT2D eigenvalue weighted by molar-refractivity contribution is 0.287. The molecule has 14 heavy (non-hydrogen) atoms. The fourth-order valence-electron chi connectivity index (χ4n) is 2.58. The molecule has 0 amide bonds.